The van der Waals surface area contributed by atoms with Gasteiger partial charge >= 0.3 is 0 Å². The summed E-state index contributed by atoms with van der Waals surface area (Å²) in [5.74, 6) is 0.284. The minimum atomic E-state index is 0.284. The van der Waals surface area contributed by atoms with Crippen LogP contribution in [0.5, 0.6) is 0 Å². The van der Waals surface area contributed by atoms with Crippen molar-refractivity contribution in [2.45, 2.75) is 45.4 Å². The molecule has 0 aliphatic carbocycles. The Morgan fingerprint density at radius 2 is 1.93 bits per heavy atom. The predicted molar refractivity (Wildman–Crippen MR) is 62.8 cm³/mol. The number of likely N-dealkylation sites (tertiary alicyclic amines) is 1. The van der Waals surface area contributed by atoms with E-state index in [2.05, 4.69) is 12.2 Å². The normalized spacial score (nSPS) is 16.7. The standard InChI is InChI=1S/C12H24N2O/c1-2-3-5-8-13-11-12(15)14-9-6-4-7-10-14/h13H,2-11H2,1H3. The largest absolute Gasteiger partial charge is 0.342 e. The molecule has 0 atom stereocenters. The van der Waals surface area contributed by atoms with Crippen molar-refractivity contribution < 1.29 is 4.79 Å². The SMILES string of the molecule is CCCCCNCC(=O)N1CCCCC1. The van der Waals surface area contributed by atoms with Crippen molar-refractivity contribution >= 4 is 5.91 Å². The van der Waals surface area contributed by atoms with E-state index in [4.69, 9.17) is 0 Å². The zero-order valence-corrected chi connectivity index (χ0v) is 9.93. The number of rotatable bonds is 6. The molecular weight excluding hydrogens is 188 g/mol. The highest BCUT2D eigenvalue weighted by molar-refractivity contribution is 5.78. The molecule has 1 saturated heterocycles. The van der Waals surface area contributed by atoms with Crippen LogP contribution in [0.3, 0.4) is 0 Å². The van der Waals surface area contributed by atoms with Gasteiger partial charge in [0.15, 0.2) is 0 Å². The topological polar surface area (TPSA) is 32.3 Å². The van der Waals surface area contributed by atoms with Crippen LogP contribution in [0.2, 0.25) is 0 Å². The van der Waals surface area contributed by atoms with Gasteiger partial charge < -0.3 is 10.2 Å². The first kappa shape index (κ1) is 12.5. The minimum Gasteiger partial charge on any atom is -0.342 e. The maximum absolute atomic E-state index is 11.7. The summed E-state index contributed by atoms with van der Waals surface area (Å²) in [5, 5.41) is 3.23. The first-order valence-electron chi connectivity index (χ1n) is 6.33. The Labute approximate surface area is 93.2 Å². The van der Waals surface area contributed by atoms with Crippen LogP contribution in [0.4, 0.5) is 0 Å². The molecule has 15 heavy (non-hydrogen) atoms. The first-order chi connectivity index (χ1) is 7.34. The van der Waals surface area contributed by atoms with Crippen LogP contribution in [0.25, 0.3) is 0 Å². The van der Waals surface area contributed by atoms with E-state index in [9.17, 15) is 4.79 Å². The second-order valence-corrected chi connectivity index (χ2v) is 4.33. The number of carbonyl (C=O) groups excluding carboxylic acids is 1. The highest BCUT2D eigenvalue weighted by Gasteiger charge is 2.15. The van der Waals surface area contributed by atoms with Gasteiger partial charge in [0.2, 0.25) is 5.91 Å². The minimum absolute atomic E-state index is 0.284. The van der Waals surface area contributed by atoms with Gasteiger partial charge in [0.1, 0.15) is 0 Å². The van der Waals surface area contributed by atoms with E-state index in [0.717, 1.165) is 19.6 Å². The van der Waals surface area contributed by atoms with Crippen LogP contribution in [-0.4, -0.2) is 37.0 Å². The summed E-state index contributed by atoms with van der Waals surface area (Å²) < 4.78 is 0. The van der Waals surface area contributed by atoms with E-state index in [1.807, 2.05) is 4.90 Å². The van der Waals surface area contributed by atoms with Crippen LogP contribution >= 0.6 is 0 Å². The molecule has 0 aromatic rings. The second-order valence-electron chi connectivity index (χ2n) is 4.33. The fraction of sp³-hybridized carbons (Fsp3) is 0.917. The van der Waals surface area contributed by atoms with Gasteiger partial charge in [0.05, 0.1) is 6.54 Å². The van der Waals surface area contributed by atoms with E-state index < -0.39 is 0 Å². The third-order valence-corrected chi connectivity index (χ3v) is 2.94. The Balaban J connectivity index is 2.02. The molecule has 88 valence electrons. The Hall–Kier alpha value is -0.570. The molecule has 0 spiro atoms. The molecule has 3 nitrogen and oxygen atoms in total. The molecule has 1 aliphatic heterocycles. The average Bonchev–Trinajstić information content (AvgIpc) is 2.30. The monoisotopic (exact) mass is 212 g/mol. The smallest absolute Gasteiger partial charge is 0.236 e. The summed E-state index contributed by atoms with van der Waals surface area (Å²) in [5.41, 5.74) is 0. The summed E-state index contributed by atoms with van der Waals surface area (Å²) in [4.78, 5) is 13.7. The molecule has 1 N–H and O–H groups in total. The number of hydrogen-bond donors (Lipinski definition) is 1. The molecule has 3 heteroatoms. The Kier molecular flexibility index (Phi) is 6.41. The second kappa shape index (κ2) is 7.69. The molecule has 1 heterocycles. The molecule has 0 saturated carbocycles. The van der Waals surface area contributed by atoms with Crippen molar-refractivity contribution in [1.29, 1.82) is 0 Å². The van der Waals surface area contributed by atoms with Gasteiger partial charge in [-0.1, -0.05) is 19.8 Å². The predicted octanol–water partition coefficient (Wildman–Crippen LogP) is 1.78. The molecule has 0 radical (unpaired) electrons. The van der Waals surface area contributed by atoms with Crippen molar-refractivity contribution in [3.05, 3.63) is 0 Å². The van der Waals surface area contributed by atoms with Gasteiger partial charge in [-0.15, -0.1) is 0 Å². The van der Waals surface area contributed by atoms with Crippen LogP contribution in [-0.2, 0) is 4.79 Å². The zero-order valence-electron chi connectivity index (χ0n) is 9.93. The number of nitrogens with one attached hydrogen (secondary N) is 1. The molecule has 1 fully saturated rings. The third-order valence-electron chi connectivity index (χ3n) is 2.94. The van der Waals surface area contributed by atoms with Gasteiger partial charge in [-0.25, -0.2) is 0 Å². The van der Waals surface area contributed by atoms with Crippen LogP contribution in [0.15, 0.2) is 0 Å². The molecule has 0 aromatic heterocycles. The van der Waals surface area contributed by atoms with Crippen molar-refractivity contribution in [3.8, 4) is 0 Å². The lowest BCUT2D eigenvalue weighted by Crippen LogP contribution is -2.41. The summed E-state index contributed by atoms with van der Waals surface area (Å²) in [6.45, 7) is 5.64. The van der Waals surface area contributed by atoms with Crippen molar-refractivity contribution in [3.63, 3.8) is 0 Å². The fourth-order valence-corrected chi connectivity index (χ4v) is 1.95. The van der Waals surface area contributed by atoms with E-state index in [1.165, 1.54) is 38.5 Å². The molecule has 1 amide bonds. The summed E-state index contributed by atoms with van der Waals surface area (Å²) in [6, 6.07) is 0. The van der Waals surface area contributed by atoms with Gasteiger partial charge in [0, 0.05) is 13.1 Å². The summed E-state index contributed by atoms with van der Waals surface area (Å²) in [7, 11) is 0. The van der Waals surface area contributed by atoms with Gasteiger partial charge in [-0.2, -0.15) is 0 Å². The number of nitrogens with zero attached hydrogens (tertiary/aromatic N) is 1. The number of unbranched alkanes of at least 4 members (excludes halogenated alkanes) is 2. The molecule has 1 rings (SSSR count). The number of carbonyl (C=O) groups is 1. The molecule has 1 aliphatic rings. The van der Waals surface area contributed by atoms with E-state index >= 15 is 0 Å². The van der Waals surface area contributed by atoms with Gasteiger partial charge in [-0.3, -0.25) is 4.79 Å². The van der Waals surface area contributed by atoms with E-state index in [1.54, 1.807) is 0 Å². The highest BCUT2D eigenvalue weighted by atomic mass is 16.2. The van der Waals surface area contributed by atoms with Crippen molar-refractivity contribution in [2.75, 3.05) is 26.2 Å². The Morgan fingerprint density at radius 3 is 2.60 bits per heavy atom. The Morgan fingerprint density at radius 1 is 1.20 bits per heavy atom. The Bertz CT molecular complexity index is 176. The van der Waals surface area contributed by atoms with Crippen molar-refractivity contribution in [1.82, 2.24) is 10.2 Å². The van der Waals surface area contributed by atoms with Crippen LogP contribution < -0.4 is 5.32 Å². The maximum atomic E-state index is 11.7. The highest BCUT2D eigenvalue weighted by Crippen LogP contribution is 2.08. The number of amides is 1. The van der Waals surface area contributed by atoms with Crippen molar-refractivity contribution in [2.24, 2.45) is 0 Å². The number of piperidine rings is 1. The molecular formula is C12H24N2O. The summed E-state index contributed by atoms with van der Waals surface area (Å²) >= 11 is 0. The average molecular weight is 212 g/mol. The number of hydrogen-bond acceptors (Lipinski definition) is 2. The third kappa shape index (κ3) is 5.17. The summed E-state index contributed by atoms with van der Waals surface area (Å²) in [6.07, 6.45) is 7.33. The van der Waals surface area contributed by atoms with Gasteiger partial charge in [-0.05, 0) is 32.2 Å². The first-order valence-corrected chi connectivity index (χ1v) is 6.33. The van der Waals surface area contributed by atoms with Gasteiger partial charge in [0.25, 0.3) is 0 Å². The fourth-order valence-electron chi connectivity index (χ4n) is 1.95. The van der Waals surface area contributed by atoms with Crippen LogP contribution in [0, 0.1) is 0 Å². The molecule has 0 unspecified atom stereocenters. The molecule has 0 bridgehead atoms. The lowest BCUT2D eigenvalue weighted by molar-refractivity contribution is -0.131. The quantitative estimate of drug-likeness (QED) is 0.681. The lowest BCUT2D eigenvalue weighted by atomic mass is 10.1. The zero-order chi connectivity index (χ0) is 10.9. The van der Waals surface area contributed by atoms with E-state index in [-0.39, 0.29) is 5.91 Å². The lowest BCUT2D eigenvalue weighted by Gasteiger charge is -2.26. The van der Waals surface area contributed by atoms with Crippen LogP contribution in [0.1, 0.15) is 45.4 Å². The molecule has 0 aromatic carbocycles. The van der Waals surface area contributed by atoms with E-state index in [0.29, 0.717) is 6.54 Å². The maximum Gasteiger partial charge on any atom is 0.236 e.